The van der Waals surface area contributed by atoms with Gasteiger partial charge < -0.3 is 10.2 Å². The smallest absolute Gasteiger partial charge is 0.321 e. The Labute approximate surface area is 167 Å². The van der Waals surface area contributed by atoms with Gasteiger partial charge in [-0.2, -0.15) is 0 Å². The van der Waals surface area contributed by atoms with E-state index in [1.165, 1.54) is 12.1 Å². The fraction of sp³-hybridized carbons (Fsp3) is 0.444. The molecule has 8 nitrogen and oxygen atoms in total. The molecular weight excluding hydrogens is 383 g/mol. The molecule has 2 rings (SSSR count). The summed E-state index contributed by atoms with van der Waals surface area (Å²) in [5, 5.41) is 13.9. The maximum Gasteiger partial charge on any atom is 0.321 e. The minimum atomic E-state index is -0.516. The zero-order valence-corrected chi connectivity index (χ0v) is 17.3. The molecule has 1 heterocycles. The highest BCUT2D eigenvalue weighted by atomic mass is 32.2. The predicted molar refractivity (Wildman–Crippen MR) is 105 cm³/mol. The molecule has 10 heteroatoms. The van der Waals surface area contributed by atoms with Gasteiger partial charge in [0.15, 0.2) is 11.0 Å². The standard InChI is InChI=1S/C18H25FN6O2S/c1-5-10-20-17(27)21-15(26)11-28-18-23-22-16(12(2)24(3)4)25(18)14-8-6-13(19)7-9-14/h6-9,12H,5,10-11H2,1-4H3,(H2,20,21,26,27)/p+1/t12-/m1/s1. The Bertz CT molecular complexity index is 809. The average molecular weight is 410 g/mol. The van der Waals surface area contributed by atoms with E-state index in [9.17, 15) is 14.0 Å². The van der Waals surface area contributed by atoms with Gasteiger partial charge in [0, 0.05) is 12.2 Å². The molecule has 0 radical (unpaired) electrons. The number of quaternary nitrogens is 1. The topological polar surface area (TPSA) is 93.3 Å². The molecule has 3 amide bonds. The van der Waals surface area contributed by atoms with Crippen LogP contribution in [0.4, 0.5) is 9.18 Å². The summed E-state index contributed by atoms with van der Waals surface area (Å²) < 4.78 is 15.2. The molecule has 0 aliphatic carbocycles. The van der Waals surface area contributed by atoms with Crippen LogP contribution in [0.15, 0.2) is 29.4 Å². The first kappa shape index (κ1) is 21.8. The third kappa shape index (κ3) is 5.77. The van der Waals surface area contributed by atoms with Gasteiger partial charge in [-0.3, -0.25) is 14.7 Å². The number of carbonyl (C=O) groups is 2. The molecule has 28 heavy (non-hydrogen) atoms. The highest BCUT2D eigenvalue weighted by Gasteiger charge is 2.24. The molecule has 1 aromatic heterocycles. The number of rotatable bonds is 8. The summed E-state index contributed by atoms with van der Waals surface area (Å²) in [6.07, 6.45) is 0.784. The van der Waals surface area contributed by atoms with Gasteiger partial charge in [0.2, 0.25) is 5.91 Å². The Balaban J connectivity index is 2.19. The van der Waals surface area contributed by atoms with E-state index in [1.807, 2.05) is 32.5 Å². The van der Waals surface area contributed by atoms with Crippen LogP contribution in [0.25, 0.3) is 5.69 Å². The first-order chi connectivity index (χ1) is 13.3. The van der Waals surface area contributed by atoms with Gasteiger partial charge in [-0.15, -0.1) is 10.2 Å². The van der Waals surface area contributed by atoms with E-state index >= 15 is 0 Å². The summed E-state index contributed by atoms with van der Waals surface area (Å²) in [5.41, 5.74) is 0.707. The van der Waals surface area contributed by atoms with Crippen LogP contribution in [0.5, 0.6) is 0 Å². The molecule has 0 aliphatic rings. The molecule has 3 N–H and O–H groups in total. The quantitative estimate of drug-likeness (QED) is 0.565. The number of hydrogen-bond acceptors (Lipinski definition) is 5. The molecule has 0 bridgehead atoms. The Hall–Kier alpha value is -2.46. The second-order valence-corrected chi connectivity index (χ2v) is 7.49. The van der Waals surface area contributed by atoms with Gasteiger partial charge in [-0.1, -0.05) is 18.7 Å². The van der Waals surface area contributed by atoms with Crippen molar-refractivity contribution in [3.63, 3.8) is 0 Å². The van der Waals surface area contributed by atoms with E-state index in [-0.39, 0.29) is 17.6 Å². The summed E-state index contributed by atoms with van der Waals surface area (Å²) in [6.45, 7) is 4.44. The lowest BCUT2D eigenvalue weighted by Crippen LogP contribution is -3.05. The first-order valence-electron chi connectivity index (χ1n) is 9.05. The van der Waals surface area contributed by atoms with Crippen molar-refractivity contribution in [3.05, 3.63) is 35.9 Å². The zero-order chi connectivity index (χ0) is 20.7. The molecule has 1 aromatic carbocycles. The largest absolute Gasteiger partial charge is 0.338 e. The van der Waals surface area contributed by atoms with E-state index in [2.05, 4.69) is 20.8 Å². The zero-order valence-electron chi connectivity index (χ0n) is 16.5. The van der Waals surface area contributed by atoms with Crippen LogP contribution in [0.1, 0.15) is 32.1 Å². The number of urea groups is 1. The number of imide groups is 1. The van der Waals surface area contributed by atoms with Crippen molar-refractivity contribution >= 4 is 23.7 Å². The van der Waals surface area contributed by atoms with Crippen molar-refractivity contribution < 1.29 is 18.9 Å². The van der Waals surface area contributed by atoms with Crippen LogP contribution in [0, 0.1) is 5.82 Å². The van der Waals surface area contributed by atoms with Crippen LogP contribution in [0.2, 0.25) is 0 Å². The Morgan fingerprint density at radius 2 is 1.93 bits per heavy atom. The van der Waals surface area contributed by atoms with Crippen molar-refractivity contribution in [3.8, 4) is 5.69 Å². The van der Waals surface area contributed by atoms with Crippen LogP contribution in [-0.4, -0.2) is 53.1 Å². The van der Waals surface area contributed by atoms with Crippen LogP contribution >= 0.6 is 11.8 Å². The monoisotopic (exact) mass is 409 g/mol. The number of benzene rings is 1. The van der Waals surface area contributed by atoms with Crippen molar-refractivity contribution in [1.29, 1.82) is 0 Å². The number of thioether (sulfide) groups is 1. The maximum atomic E-state index is 13.3. The summed E-state index contributed by atoms with van der Waals surface area (Å²) in [4.78, 5) is 24.8. The van der Waals surface area contributed by atoms with Crippen LogP contribution in [-0.2, 0) is 4.79 Å². The first-order valence-corrected chi connectivity index (χ1v) is 10.0. The summed E-state index contributed by atoms with van der Waals surface area (Å²) >= 11 is 1.16. The average Bonchev–Trinajstić information content (AvgIpc) is 3.08. The number of amides is 3. The Morgan fingerprint density at radius 1 is 1.25 bits per heavy atom. The van der Waals surface area contributed by atoms with Gasteiger partial charge >= 0.3 is 6.03 Å². The van der Waals surface area contributed by atoms with E-state index in [4.69, 9.17) is 0 Å². The molecule has 0 spiro atoms. The minimum absolute atomic E-state index is 0.00206. The fourth-order valence-electron chi connectivity index (χ4n) is 2.32. The van der Waals surface area contributed by atoms with Crippen molar-refractivity contribution in [2.24, 2.45) is 0 Å². The lowest BCUT2D eigenvalue weighted by Gasteiger charge is -2.18. The maximum absolute atomic E-state index is 13.3. The number of nitrogens with one attached hydrogen (secondary N) is 3. The highest BCUT2D eigenvalue weighted by Crippen LogP contribution is 2.24. The Kier molecular flexibility index (Phi) is 7.94. The second kappa shape index (κ2) is 10.2. The predicted octanol–water partition coefficient (Wildman–Crippen LogP) is 0.940. The second-order valence-electron chi connectivity index (χ2n) is 6.54. The number of aromatic nitrogens is 3. The van der Waals surface area contributed by atoms with Crippen molar-refractivity contribution in [2.75, 3.05) is 26.4 Å². The molecule has 0 fully saturated rings. The van der Waals surface area contributed by atoms with Crippen LogP contribution < -0.4 is 15.5 Å². The number of nitrogens with zero attached hydrogens (tertiary/aromatic N) is 3. The van der Waals surface area contributed by atoms with Gasteiger partial charge in [-0.05, 0) is 37.6 Å². The minimum Gasteiger partial charge on any atom is -0.338 e. The number of hydrogen-bond donors (Lipinski definition) is 3. The van der Waals surface area contributed by atoms with E-state index < -0.39 is 11.9 Å². The van der Waals surface area contributed by atoms with Gasteiger partial charge in [0.1, 0.15) is 11.9 Å². The molecule has 0 saturated carbocycles. The van der Waals surface area contributed by atoms with Crippen molar-refractivity contribution in [2.45, 2.75) is 31.5 Å². The SMILES string of the molecule is CCCNC(=O)NC(=O)CSc1nnc([C@@H](C)[NH+](C)C)n1-c1ccc(F)cc1. The molecule has 2 aromatic rings. The van der Waals surface area contributed by atoms with Gasteiger partial charge in [-0.25, -0.2) is 9.18 Å². The van der Waals surface area contributed by atoms with Gasteiger partial charge in [0.25, 0.3) is 0 Å². The molecule has 0 saturated heterocycles. The molecule has 0 aliphatic heterocycles. The Morgan fingerprint density at radius 3 is 2.54 bits per heavy atom. The van der Waals surface area contributed by atoms with E-state index in [1.54, 1.807) is 12.1 Å². The summed E-state index contributed by atoms with van der Waals surface area (Å²) in [7, 11) is 4.01. The lowest BCUT2D eigenvalue weighted by atomic mass is 10.2. The third-order valence-corrected chi connectivity index (χ3v) is 5.05. The van der Waals surface area contributed by atoms with E-state index in [0.717, 1.165) is 23.1 Å². The number of halogens is 1. The van der Waals surface area contributed by atoms with Crippen LogP contribution in [0.3, 0.4) is 0 Å². The van der Waals surface area contributed by atoms with E-state index in [0.29, 0.717) is 23.2 Å². The normalized spacial score (nSPS) is 12.1. The third-order valence-electron chi connectivity index (χ3n) is 4.12. The molecule has 152 valence electrons. The molecular formula is C18H26FN6O2S+. The summed E-state index contributed by atoms with van der Waals surface area (Å²) in [5.74, 6) is -0.0612. The number of carbonyl (C=O) groups excluding carboxylic acids is 2. The molecule has 0 unspecified atom stereocenters. The van der Waals surface area contributed by atoms with Gasteiger partial charge in [0.05, 0.1) is 19.8 Å². The summed E-state index contributed by atoms with van der Waals surface area (Å²) in [6, 6.07) is 5.53. The van der Waals surface area contributed by atoms with Crippen molar-refractivity contribution in [1.82, 2.24) is 25.4 Å². The lowest BCUT2D eigenvalue weighted by molar-refractivity contribution is -0.890. The highest BCUT2D eigenvalue weighted by molar-refractivity contribution is 7.99. The fourth-order valence-corrected chi connectivity index (χ4v) is 3.08. The molecule has 1 atom stereocenters.